The van der Waals surface area contributed by atoms with Gasteiger partial charge in [-0.3, -0.25) is 14.4 Å². The van der Waals surface area contributed by atoms with Crippen molar-refractivity contribution < 1.29 is 18.7 Å². The van der Waals surface area contributed by atoms with Gasteiger partial charge in [-0.05, 0) is 80.5 Å². The lowest BCUT2D eigenvalue weighted by Gasteiger charge is -2.39. The van der Waals surface area contributed by atoms with E-state index in [0.717, 1.165) is 5.39 Å². The third-order valence-corrected chi connectivity index (χ3v) is 6.32. The van der Waals surface area contributed by atoms with Crippen LogP contribution in [0, 0.1) is 9.39 Å². The van der Waals surface area contributed by atoms with E-state index in [0.29, 0.717) is 34.3 Å². The number of hydrogen-bond acceptors (Lipinski definition) is 5. The van der Waals surface area contributed by atoms with Crippen LogP contribution in [0.25, 0.3) is 10.9 Å². The van der Waals surface area contributed by atoms with Gasteiger partial charge >= 0.3 is 6.09 Å². The van der Waals surface area contributed by atoms with Crippen LogP contribution in [-0.4, -0.2) is 56.4 Å². The average molecular weight is 579 g/mol. The van der Waals surface area contributed by atoms with Crippen molar-refractivity contribution >= 4 is 51.3 Å². The van der Waals surface area contributed by atoms with E-state index in [1.54, 1.807) is 35.1 Å². The van der Waals surface area contributed by atoms with Crippen molar-refractivity contribution in [1.82, 2.24) is 19.7 Å². The fourth-order valence-corrected chi connectivity index (χ4v) is 4.61. The summed E-state index contributed by atoms with van der Waals surface area (Å²) in [5.74, 6) is -0.721. The Bertz CT molecular complexity index is 1240. The van der Waals surface area contributed by atoms with Crippen molar-refractivity contribution in [3.05, 3.63) is 51.6 Å². The van der Waals surface area contributed by atoms with E-state index in [2.05, 4.69) is 10.1 Å². The maximum atomic E-state index is 14.9. The van der Waals surface area contributed by atoms with Crippen LogP contribution in [0.4, 0.5) is 15.0 Å². The summed E-state index contributed by atoms with van der Waals surface area (Å²) < 4.78 is 22.8. The summed E-state index contributed by atoms with van der Waals surface area (Å²) in [6, 6.07) is 5.91. The van der Waals surface area contributed by atoms with E-state index in [1.807, 2.05) is 49.4 Å². The third kappa shape index (κ3) is 5.01. The summed E-state index contributed by atoms with van der Waals surface area (Å²) >= 11 is 2.01. The highest BCUT2D eigenvalue weighted by Gasteiger charge is 2.36. The molecule has 1 fully saturated rings. The molecule has 10 heteroatoms. The highest BCUT2D eigenvalue weighted by Crippen LogP contribution is 2.31. The van der Waals surface area contributed by atoms with Crippen LogP contribution in [0.15, 0.2) is 36.7 Å². The quantitative estimate of drug-likeness (QED) is 0.419. The Morgan fingerprint density at radius 3 is 2.74 bits per heavy atom. The van der Waals surface area contributed by atoms with Crippen LogP contribution in [0.2, 0.25) is 0 Å². The van der Waals surface area contributed by atoms with Gasteiger partial charge in [-0.2, -0.15) is 5.10 Å². The third-order valence-electron chi connectivity index (χ3n) is 5.65. The molecule has 1 atom stereocenters. The zero-order valence-corrected chi connectivity index (χ0v) is 21.7. The number of anilines is 1. The first kappa shape index (κ1) is 24.4. The first-order valence-electron chi connectivity index (χ1n) is 11.1. The molecule has 34 heavy (non-hydrogen) atoms. The minimum absolute atomic E-state index is 0.0456. The number of ether oxygens (including phenoxy) is 1. The van der Waals surface area contributed by atoms with Gasteiger partial charge < -0.3 is 9.64 Å². The molecule has 0 unspecified atom stereocenters. The SMILES string of the molecule is Cn1ncc2ccnc(N(C(=O)c3ccc(I)cc3F)[C@@H]3CCCN(C(=O)OC(C)(C)C)C3)c21. The van der Waals surface area contributed by atoms with Crippen molar-refractivity contribution in [3.8, 4) is 0 Å². The van der Waals surface area contributed by atoms with Crippen molar-refractivity contribution in [1.29, 1.82) is 0 Å². The molecule has 4 rings (SSSR count). The van der Waals surface area contributed by atoms with Gasteiger partial charge in [0.2, 0.25) is 0 Å². The highest BCUT2D eigenvalue weighted by molar-refractivity contribution is 14.1. The zero-order chi connectivity index (χ0) is 24.6. The fourth-order valence-electron chi connectivity index (χ4n) is 4.16. The fraction of sp³-hybridized carbons (Fsp3) is 0.417. The van der Waals surface area contributed by atoms with Crippen molar-refractivity contribution in [2.75, 3.05) is 18.0 Å². The van der Waals surface area contributed by atoms with Crippen molar-refractivity contribution in [2.45, 2.75) is 45.3 Å². The lowest BCUT2D eigenvalue weighted by Crippen LogP contribution is -2.53. The van der Waals surface area contributed by atoms with Crippen LogP contribution in [0.5, 0.6) is 0 Å². The van der Waals surface area contributed by atoms with Crippen LogP contribution in [0.3, 0.4) is 0 Å². The Morgan fingerprint density at radius 2 is 2.03 bits per heavy atom. The van der Waals surface area contributed by atoms with Crippen LogP contribution >= 0.6 is 22.6 Å². The maximum Gasteiger partial charge on any atom is 0.410 e. The number of amides is 2. The molecule has 3 aromatic rings. The second kappa shape index (κ2) is 9.47. The van der Waals surface area contributed by atoms with Crippen LogP contribution in [0.1, 0.15) is 44.0 Å². The van der Waals surface area contributed by atoms with Gasteiger partial charge in [0.05, 0.1) is 17.8 Å². The summed E-state index contributed by atoms with van der Waals surface area (Å²) in [5.41, 5.74) is -0.0157. The summed E-state index contributed by atoms with van der Waals surface area (Å²) in [6.45, 7) is 6.22. The first-order chi connectivity index (χ1) is 16.0. The number of pyridine rings is 1. The van der Waals surface area contributed by atoms with Gasteiger partial charge in [0, 0.05) is 35.3 Å². The Hall–Kier alpha value is -2.76. The van der Waals surface area contributed by atoms with Crippen molar-refractivity contribution in [3.63, 3.8) is 0 Å². The number of carbonyl (C=O) groups is 2. The molecule has 1 aliphatic rings. The second-order valence-corrected chi connectivity index (χ2v) is 10.6. The number of hydrogen-bond donors (Lipinski definition) is 0. The molecule has 180 valence electrons. The predicted molar refractivity (Wildman–Crippen MR) is 135 cm³/mol. The molecule has 0 spiro atoms. The molecule has 0 bridgehead atoms. The summed E-state index contributed by atoms with van der Waals surface area (Å²) in [6.07, 6.45) is 4.18. The molecular weight excluding hydrogens is 552 g/mol. The molecule has 2 aromatic heterocycles. The van der Waals surface area contributed by atoms with E-state index in [9.17, 15) is 14.0 Å². The Labute approximate surface area is 211 Å². The number of fused-ring (bicyclic) bond motifs is 1. The van der Waals surface area contributed by atoms with Crippen LogP contribution in [-0.2, 0) is 11.8 Å². The van der Waals surface area contributed by atoms with Gasteiger partial charge in [0.15, 0.2) is 5.82 Å². The number of benzene rings is 1. The average Bonchev–Trinajstić information content (AvgIpc) is 3.14. The van der Waals surface area contributed by atoms with E-state index in [1.165, 1.54) is 17.0 Å². The lowest BCUT2D eigenvalue weighted by atomic mass is 10.0. The van der Waals surface area contributed by atoms with Crippen LogP contribution < -0.4 is 4.90 Å². The standard InChI is InChI=1S/C24H27FIN5O3/c1-24(2,3)34-23(33)30-11-5-6-17(14-30)31(22(32)18-8-7-16(26)12-19(18)25)21-20-15(9-10-27-21)13-28-29(20)4/h7-10,12-13,17H,5-6,11,14H2,1-4H3/t17-/m1/s1. The molecule has 1 saturated heterocycles. The number of piperidine rings is 1. The minimum atomic E-state index is -0.633. The van der Waals surface area contributed by atoms with Gasteiger partial charge in [0.25, 0.3) is 5.91 Å². The number of aryl methyl sites for hydroxylation is 1. The summed E-state index contributed by atoms with van der Waals surface area (Å²) in [4.78, 5) is 34.3. The van der Waals surface area contributed by atoms with Gasteiger partial charge in [-0.1, -0.05) is 0 Å². The number of halogens is 2. The zero-order valence-electron chi connectivity index (χ0n) is 19.6. The van der Waals surface area contributed by atoms with E-state index >= 15 is 0 Å². The molecule has 0 N–H and O–H groups in total. The molecule has 1 aliphatic heterocycles. The molecular formula is C24H27FIN5O3. The maximum absolute atomic E-state index is 14.9. The molecule has 0 aliphatic carbocycles. The molecule has 1 aromatic carbocycles. The Kier molecular flexibility index (Phi) is 6.79. The van der Waals surface area contributed by atoms with E-state index in [-0.39, 0.29) is 12.1 Å². The number of likely N-dealkylation sites (tertiary alicyclic amines) is 1. The number of aromatic nitrogens is 3. The predicted octanol–water partition coefficient (Wildman–Crippen LogP) is 4.76. The largest absolute Gasteiger partial charge is 0.444 e. The Balaban J connectivity index is 1.77. The summed E-state index contributed by atoms with van der Waals surface area (Å²) in [5, 5.41) is 5.12. The molecule has 0 radical (unpaired) electrons. The van der Waals surface area contributed by atoms with E-state index in [4.69, 9.17) is 4.74 Å². The van der Waals surface area contributed by atoms with Gasteiger partial charge in [-0.25, -0.2) is 14.2 Å². The second-order valence-electron chi connectivity index (χ2n) is 9.36. The van der Waals surface area contributed by atoms with Gasteiger partial charge in [-0.15, -0.1) is 0 Å². The number of rotatable bonds is 3. The smallest absolute Gasteiger partial charge is 0.410 e. The molecule has 8 nitrogen and oxygen atoms in total. The highest BCUT2D eigenvalue weighted by atomic mass is 127. The summed E-state index contributed by atoms with van der Waals surface area (Å²) in [7, 11) is 1.77. The molecule has 3 heterocycles. The number of carbonyl (C=O) groups excluding carboxylic acids is 2. The Morgan fingerprint density at radius 1 is 1.26 bits per heavy atom. The molecule has 0 saturated carbocycles. The van der Waals surface area contributed by atoms with Crippen molar-refractivity contribution in [2.24, 2.45) is 7.05 Å². The number of nitrogens with zero attached hydrogens (tertiary/aromatic N) is 5. The van der Waals surface area contributed by atoms with E-state index < -0.39 is 29.5 Å². The first-order valence-corrected chi connectivity index (χ1v) is 12.2. The normalized spacial score (nSPS) is 16.5. The molecule has 2 amide bonds. The minimum Gasteiger partial charge on any atom is -0.444 e. The lowest BCUT2D eigenvalue weighted by molar-refractivity contribution is 0.0196. The monoisotopic (exact) mass is 579 g/mol. The topological polar surface area (TPSA) is 80.6 Å². The van der Waals surface area contributed by atoms with Gasteiger partial charge in [0.1, 0.15) is 16.9 Å².